The zero-order valence-electron chi connectivity index (χ0n) is 8.54. The Balaban J connectivity index is 2.09. The number of aromatic nitrogens is 1. The van der Waals surface area contributed by atoms with Crippen LogP contribution in [0.5, 0.6) is 0 Å². The molecule has 3 nitrogen and oxygen atoms in total. The number of rotatable bonds is 1. The van der Waals surface area contributed by atoms with Crippen LogP contribution in [0.15, 0.2) is 10.6 Å². The quantitative estimate of drug-likeness (QED) is 0.804. The predicted octanol–water partition coefficient (Wildman–Crippen LogP) is 2.78. The zero-order chi connectivity index (χ0) is 10.4. The lowest BCUT2D eigenvalue weighted by molar-refractivity contribution is 0.436. The molecule has 4 heteroatoms. The van der Waals surface area contributed by atoms with Gasteiger partial charge in [-0.05, 0) is 37.8 Å². The second kappa shape index (κ2) is 3.10. The first-order chi connectivity index (χ1) is 7.25. The second-order valence-corrected chi connectivity index (χ2v) is 5.07. The van der Waals surface area contributed by atoms with Crippen molar-refractivity contribution >= 4 is 17.2 Å². The number of aryl methyl sites for hydroxylation is 2. The molecule has 0 amide bonds. The first-order valence-corrected chi connectivity index (χ1v) is 5.91. The maximum Gasteiger partial charge on any atom is 0.181 e. The molecule has 0 aliphatic heterocycles. The van der Waals surface area contributed by atoms with Crippen LogP contribution in [0.3, 0.4) is 0 Å². The molecule has 2 aromatic rings. The molecule has 0 unspecified atom stereocenters. The average Bonchev–Trinajstić information content (AvgIpc) is 2.82. The Morgan fingerprint density at radius 1 is 1.47 bits per heavy atom. The summed E-state index contributed by atoms with van der Waals surface area (Å²) in [7, 11) is 0. The predicted molar refractivity (Wildman–Crippen MR) is 61.0 cm³/mol. The van der Waals surface area contributed by atoms with Gasteiger partial charge in [-0.3, -0.25) is 0 Å². The van der Waals surface area contributed by atoms with Gasteiger partial charge in [-0.1, -0.05) is 5.16 Å². The van der Waals surface area contributed by atoms with Gasteiger partial charge in [-0.2, -0.15) is 0 Å². The molecule has 2 aromatic heterocycles. The minimum absolute atomic E-state index is 0.499. The van der Waals surface area contributed by atoms with Crippen molar-refractivity contribution < 1.29 is 4.52 Å². The minimum Gasteiger partial charge on any atom is -0.381 e. The third-order valence-corrected chi connectivity index (χ3v) is 4.17. The molecular formula is C11H12N2OS. The highest BCUT2D eigenvalue weighted by Crippen LogP contribution is 2.38. The molecule has 0 saturated heterocycles. The summed E-state index contributed by atoms with van der Waals surface area (Å²) >= 11 is 1.81. The van der Waals surface area contributed by atoms with Crippen LogP contribution >= 0.6 is 11.3 Å². The fourth-order valence-corrected chi connectivity index (χ4v) is 3.31. The highest BCUT2D eigenvalue weighted by atomic mass is 32.1. The number of hydrogen-bond acceptors (Lipinski definition) is 4. The average molecular weight is 220 g/mol. The van der Waals surface area contributed by atoms with Crippen LogP contribution in [0.1, 0.15) is 22.4 Å². The van der Waals surface area contributed by atoms with E-state index in [0.717, 1.165) is 11.3 Å². The summed E-state index contributed by atoms with van der Waals surface area (Å²) in [6.45, 7) is 1.95. The van der Waals surface area contributed by atoms with Gasteiger partial charge < -0.3 is 10.3 Å². The molecule has 1 aliphatic carbocycles. The topological polar surface area (TPSA) is 52.0 Å². The van der Waals surface area contributed by atoms with Crippen molar-refractivity contribution in [3.05, 3.63) is 22.1 Å². The molecule has 78 valence electrons. The lowest BCUT2D eigenvalue weighted by Crippen LogP contribution is -1.85. The number of nitrogens with two attached hydrogens (primary N) is 1. The molecule has 1 aliphatic rings. The van der Waals surface area contributed by atoms with Gasteiger partial charge in [-0.25, -0.2) is 0 Å². The molecule has 0 radical (unpaired) electrons. The van der Waals surface area contributed by atoms with E-state index >= 15 is 0 Å². The lowest BCUT2D eigenvalue weighted by Gasteiger charge is -1.91. The zero-order valence-corrected chi connectivity index (χ0v) is 9.36. The molecule has 15 heavy (non-hydrogen) atoms. The van der Waals surface area contributed by atoms with E-state index in [1.165, 1.54) is 34.6 Å². The highest BCUT2D eigenvalue weighted by Gasteiger charge is 2.19. The normalized spacial score (nSPS) is 14.5. The molecule has 0 spiro atoms. The van der Waals surface area contributed by atoms with Gasteiger partial charge in [0, 0.05) is 10.4 Å². The fourth-order valence-electron chi connectivity index (χ4n) is 2.02. The number of fused-ring (bicyclic) bond motifs is 1. The van der Waals surface area contributed by atoms with E-state index in [9.17, 15) is 0 Å². The summed E-state index contributed by atoms with van der Waals surface area (Å²) in [6.07, 6.45) is 3.70. The van der Waals surface area contributed by atoms with E-state index in [0.29, 0.717) is 5.82 Å². The molecule has 2 N–H and O–H groups in total. The molecule has 0 saturated carbocycles. The van der Waals surface area contributed by atoms with Gasteiger partial charge in [-0.15, -0.1) is 11.3 Å². The fraction of sp³-hybridized carbons (Fsp3) is 0.364. The maximum atomic E-state index is 5.67. The number of anilines is 1. The van der Waals surface area contributed by atoms with Crippen molar-refractivity contribution in [2.24, 2.45) is 0 Å². The Morgan fingerprint density at radius 3 is 3.00 bits per heavy atom. The van der Waals surface area contributed by atoms with Gasteiger partial charge in [0.1, 0.15) is 0 Å². The van der Waals surface area contributed by atoms with Gasteiger partial charge in [0.25, 0.3) is 0 Å². The summed E-state index contributed by atoms with van der Waals surface area (Å²) in [5, 5.41) is 3.78. The Bertz CT molecular complexity index is 491. The number of thiophene rings is 1. The Hall–Kier alpha value is -1.29. The Kier molecular flexibility index (Phi) is 1.85. The smallest absolute Gasteiger partial charge is 0.181 e. The highest BCUT2D eigenvalue weighted by molar-refractivity contribution is 7.15. The summed E-state index contributed by atoms with van der Waals surface area (Å²) in [5.41, 5.74) is 8.10. The van der Waals surface area contributed by atoms with Crippen molar-refractivity contribution in [3.8, 4) is 10.6 Å². The van der Waals surface area contributed by atoms with Crippen molar-refractivity contribution in [1.29, 1.82) is 0 Å². The lowest BCUT2D eigenvalue weighted by atomic mass is 10.2. The first kappa shape index (κ1) is 8.97. The molecule has 0 fully saturated rings. The van der Waals surface area contributed by atoms with Crippen LogP contribution < -0.4 is 5.73 Å². The van der Waals surface area contributed by atoms with Crippen LogP contribution in [-0.2, 0) is 12.8 Å². The number of nitrogens with zero attached hydrogens (tertiary/aromatic N) is 1. The maximum absolute atomic E-state index is 5.67. The number of nitrogen functional groups attached to an aromatic ring is 1. The largest absolute Gasteiger partial charge is 0.381 e. The third-order valence-electron chi connectivity index (χ3n) is 2.93. The van der Waals surface area contributed by atoms with Gasteiger partial charge >= 0.3 is 0 Å². The van der Waals surface area contributed by atoms with Crippen LogP contribution in [0.4, 0.5) is 5.82 Å². The minimum atomic E-state index is 0.499. The summed E-state index contributed by atoms with van der Waals surface area (Å²) in [4.78, 5) is 2.67. The van der Waals surface area contributed by atoms with E-state index in [2.05, 4.69) is 11.2 Å². The second-order valence-electron chi connectivity index (χ2n) is 3.93. The van der Waals surface area contributed by atoms with Crippen LogP contribution in [-0.4, -0.2) is 5.16 Å². The van der Waals surface area contributed by atoms with Crippen molar-refractivity contribution in [3.63, 3.8) is 0 Å². The van der Waals surface area contributed by atoms with Crippen molar-refractivity contribution in [2.45, 2.75) is 26.2 Å². The van der Waals surface area contributed by atoms with Crippen molar-refractivity contribution in [1.82, 2.24) is 5.16 Å². The first-order valence-electron chi connectivity index (χ1n) is 5.09. The molecule has 0 atom stereocenters. The monoisotopic (exact) mass is 220 g/mol. The van der Waals surface area contributed by atoms with E-state index in [4.69, 9.17) is 10.3 Å². The molecule has 0 aromatic carbocycles. The standard InChI is InChI=1S/C11H12N2OS/c1-6-10(14-13-11(6)12)9-5-7-3-2-4-8(7)15-9/h5H,2-4H2,1H3,(H2,12,13). The summed E-state index contributed by atoms with van der Waals surface area (Å²) in [6, 6.07) is 2.22. The van der Waals surface area contributed by atoms with E-state index in [1.54, 1.807) is 0 Å². The van der Waals surface area contributed by atoms with Gasteiger partial charge in [0.05, 0.1) is 4.88 Å². The van der Waals surface area contributed by atoms with Crippen LogP contribution in [0, 0.1) is 6.92 Å². The number of hydrogen-bond donors (Lipinski definition) is 1. The Labute approximate surface area is 91.9 Å². The molecule has 2 heterocycles. The molecule has 3 rings (SSSR count). The SMILES string of the molecule is Cc1c(N)noc1-c1cc2c(s1)CCC2. The third kappa shape index (κ3) is 1.28. The Morgan fingerprint density at radius 2 is 2.33 bits per heavy atom. The molecule has 0 bridgehead atoms. The van der Waals surface area contributed by atoms with Crippen LogP contribution in [0.25, 0.3) is 10.6 Å². The van der Waals surface area contributed by atoms with E-state index in [1.807, 2.05) is 18.3 Å². The van der Waals surface area contributed by atoms with Gasteiger partial charge in [0.2, 0.25) is 0 Å². The van der Waals surface area contributed by atoms with E-state index in [-0.39, 0.29) is 0 Å². The van der Waals surface area contributed by atoms with E-state index < -0.39 is 0 Å². The van der Waals surface area contributed by atoms with Crippen LogP contribution in [0.2, 0.25) is 0 Å². The summed E-state index contributed by atoms with van der Waals surface area (Å²) < 4.78 is 5.25. The van der Waals surface area contributed by atoms with Gasteiger partial charge in [0.15, 0.2) is 11.6 Å². The summed E-state index contributed by atoms with van der Waals surface area (Å²) in [5.74, 6) is 1.34. The molecular weight excluding hydrogens is 208 g/mol. The van der Waals surface area contributed by atoms with Crippen molar-refractivity contribution in [2.75, 3.05) is 5.73 Å².